The Morgan fingerprint density at radius 3 is 1.00 bits per heavy atom. The number of hydrogen-bond acceptors (Lipinski definition) is 4. The van der Waals surface area contributed by atoms with Crippen LogP contribution >= 0.6 is 0 Å². The molecule has 4 nitrogen and oxygen atoms in total. The second kappa shape index (κ2) is 15.3. The van der Waals surface area contributed by atoms with Crippen molar-refractivity contribution in [1.29, 1.82) is 10.5 Å². The quantitative estimate of drug-likeness (QED) is 0.0840. The summed E-state index contributed by atoms with van der Waals surface area (Å²) in [5.74, 6) is -4.38. The number of rotatable bonds is 8. The Morgan fingerprint density at radius 1 is 0.404 bits per heavy atom. The van der Waals surface area contributed by atoms with Gasteiger partial charge in [-0.1, -0.05) is 23.7 Å². The van der Waals surface area contributed by atoms with Crippen molar-refractivity contribution in [2.45, 2.75) is 19.3 Å². The molecule has 0 aliphatic carbocycles. The van der Waals surface area contributed by atoms with E-state index < -0.39 is 68.8 Å². The molecule has 4 aromatic rings. The van der Waals surface area contributed by atoms with Crippen molar-refractivity contribution in [3.8, 4) is 47.3 Å². The second-order valence-electron chi connectivity index (χ2n) is 9.54. The summed E-state index contributed by atoms with van der Waals surface area (Å²) in [7, 11) is 0. The Kier molecular flexibility index (Phi) is 11.1. The van der Waals surface area contributed by atoms with Crippen molar-refractivity contribution in [2.24, 2.45) is 0 Å². The molecule has 0 unspecified atom stereocenters. The lowest BCUT2D eigenvalue weighted by Crippen LogP contribution is -2.04. The van der Waals surface area contributed by atoms with Crippen LogP contribution in [0.1, 0.15) is 52.6 Å². The molecule has 0 saturated heterocycles. The van der Waals surface area contributed by atoms with E-state index in [-0.39, 0.29) is 0 Å². The summed E-state index contributed by atoms with van der Waals surface area (Å²) < 4.78 is 122. The van der Waals surface area contributed by atoms with Crippen LogP contribution in [0.5, 0.6) is 11.5 Å². The van der Waals surface area contributed by atoms with Crippen LogP contribution in [-0.2, 0) is 0 Å². The molecular formula is C35H18F8N2O2. The minimum Gasteiger partial charge on any atom is -0.494 e. The molecule has 0 bridgehead atoms. The van der Waals surface area contributed by atoms with Gasteiger partial charge in [0, 0.05) is 11.1 Å². The zero-order valence-corrected chi connectivity index (χ0v) is 23.9. The van der Waals surface area contributed by atoms with E-state index in [1.807, 2.05) is 0 Å². The molecule has 4 aromatic carbocycles. The SMILES string of the molecule is N#Cc1c(F)c(F)c(C#Cc2ccc(OCCCCCOc3ccc(C#Cc4c(F)c(F)c(C#N)c(F)c4F)cc3)cc2)c(F)c1F. The molecule has 0 saturated carbocycles. The summed E-state index contributed by atoms with van der Waals surface area (Å²) >= 11 is 0. The molecule has 0 N–H and O–H groups in total. The van der Waals surface area contributed by atoms with Gasteiger partial charge in [0.1, 0.15) is 45.9 Å². The average Bonchev–Trinajstić information content (AvgIpc) is 3.08. The van der Waals surface area contributed by atoms with E-state index in [0.29, 0.717) is 48.7 Å². The largest absolute Gasteiger partial charge is 0.494 e. The van der Waals surface area contributed by atoms with E-state index in [1.54, 1.807) is 24.3 Å². The topological polar surface area (TPSA) is 66.0 Å². The summed E-state index contributed by atoms with van der Waals surface area (Å²) in [6.45, 7) is 0.736. The first-order valence-electron chi connectivity index (χ1n) is 13.6. The highest BCUT2D eigenvalue weighted by Crippen LogP contribution is 2.24. The Hall–Kier alpha value is -5.98. The van der Waals surface area contributed by atoms with Crippen molar-refractivity contribution in [1.82, 2.24) is 0 Å². The van der Waals surface area contributed by atoms with Crippen LogP contribution in [-0.4, -0.2) is 13.2 Å². The fraction of sp³-hybridized carbons (Fsp3) is 0.143. The highest BCUT2D eigenvalue weighted by molar-refractivity contribution is 5.50. The molecular weight excluding hydrogens is 632 g/mol. The van der Waals surface area contributed by atoms with Crippen LogP contribution in [0.3, 0.4) is 0 Å². The van der Waals surface area contributed by atoms with Gasteiger partial charge in [0.05, 0.1) is 13.2 Å². The maximum atomic E-state index is 14.0. The average molecular weight is 651 g/mol. The van der Waals surface area contributed by atoms with Crippen LogP contribution < -0.4 is 9.47 Å². The lowest BCUT2D eigenvalue weighted by atomic mass is 10.1. The van der Waals surface area contributed by atoms with Crippen LogP contribution in [0, 0.1) is 92.9 Å². The molecule has 0 spiro atoms. The summed E-state index contributed by atoms with van der Waals surface area (Å²) in [6, 6.07) is 14.3. The van der Waals surface area contributed by atoms with Crippen LogP contribution in [0.4, 0.5) is 35.1 Å². The Labute approximate surface area is 263 Å². The Bertz CT molecular complexity index is 1820. The molecule has 0 aromatic heterocycles. The predicted molar refractivity (Wildman–Crippen MR) is 152 cm³/mol. The Balaban J connectivity index is 1.20. The minimum atomic E-state index is -1.82. The predicted octanol–water partition coefficient (Wildman–Crippen LogP) is 7.97. The molecule has 0 aliphatic heterocycles. The molecule has 0 radical (unpaired) electrons. The zero-order chi connectivity index (χ0) is 34.1. The van der Waals surface area contributed by atoms with Gasteiger partial charge in [-0.15, -0.1) is 0 Å². The van der Waals surface area contributed by atoms with Gasteiger partial charge in [-0.2, -0.15) is 10.5 Å². The second-order valence-corrected chi connectivity index (χ2v) is 9.54. The number of hydrogen-bond donors (Lipinski definition) is 0. The molecule has 236 valence electrons. The third kappa shape index (κ3) is 7.82. The summed E-state index contributed by atoms with van der Waals surface area (Å²) in [5.41, 5.74) is -4.40. The van der Waals surface area contributed by atoms with Crippen molar-refractivity contribution in [2.75, 3.05) is 13.2 Å². The minimum absolute atomic E-state index is 0.290. The third-order valence-corrected chi connectivity index (χ3v) is 6.45. The lowest BCUT2D eigenvalue weighted by molar-refractivity contribution is 0.279. The molecule has 0 fully saturated rings. The normalized spacial score (nSPS) is 10.2. The van der Waals surface area contributed by atoms with E-state index in [2.05, 4.69) is 23.7 Å². The summed E-state index contributed by atoms with van der Waals surface area (Å²) in [6.07, 6.45) is 2.10. The van der Waals surface area contributed by atoms with Gasteiger partial charge in [-0.25, -0.2) is 35.1 Å². The fourth-order valence-corrected chi connectivity index (χ4v) is 3.98. The van der Waals surface area contributed by atoms with Gasteiger partial charge in [-0.05, 0) is 67.8 Å². The standard InChI is InChI=1S/C35H18F8N2O2/c36-28-24(29(37)33(41)26(18-44)32(28)40)14-8-20-4-10-22(11-5-20)46-16-2-1-3-17-47-23-12-6-21(7-13-23)9-15-25-30(38)34(42)27(19-45)35(43)31(25)39/h4-7,10-13H,1-3,16-17H2. The number of unbranched alkanes of at least 4 members (excludes halogenated alkanes) is 2. The first-order chi connectivity index (χ1) is 22.6. The van der Waals surface area contributed by atoms with Crippen molar-refractivity contribution >= 4 is 0 Å². The molecule has 4 rings (SSSR count). The third-order valence-electron chi connectivity index (χ3n) is 6.45. The van der Waals surface area contributed by atoms with E-state index in [9.17, 15) is 35.1 Å². The number of halogens is 8. The van der Waals surface area contributed by atoms with Gasteiger partial charge in [0.25, 0.3) is 0 Å². The number of nitriles is 2. The maximum Gasteiger partial charge on any atom is 0.181 e. The maximum absolute atomic E-state index is 14.0. The van der Waals surface area contributed by atoms with Crippen LogP contribution in [0.15, 0.2) is 48.5 Å². The van der Waals surface area contributed by atoms with Crippen LogP contribution in [0.2, 0.25) is 0 Å². The first-order valence-corrected chi connectivity index (χ1v) is 13.6. The fourth-order valence-electron chi connectivity index (χ4n) is 3.98. The van der Waals surface area contributed by atoms with Crippen LogP contribution in [0.25, 0.3) is 0 Å². The Morgan fingerprint density at radius 2 is 0.702 bits per heavy atom. The van der Waals surface area contributed by atoms with Crippen molar-refractivity contribution in [3.05, 3.63) is 128 Å². The number of benzene rings is 4. The van der Waals surface area contributed by atoms with Gasteiger partial charge < -0.3 is 9.47 Å². The summed E-state index contributed by atoms with van der Waals surface area (Å²) in [5, 5.41) is 17.3. The molecule has 0 atom stereocenters. The van der Waals surface area contributed by atoms with Gasteiger partial charge in [0.2, 0.25) is 0 Å². The highest BCUT2D eigenvalue weighted by Gasteiger charge is 2.25. The van der Waals surface area contributed by atoms with E-state index in [0.717, 1.165) is 18.6 Å². The molecule has 0 heterocycles. The monoisotopic (exact) mass is 650 g/mol. The van der Waals surface area contributed by atoms with Gasteiger partial charge >= 0.3 is 0 Å². The van der Waals surface area contributed by atoms with E-state index in [1.165, 1.54) is 24.3 Å². The highest BCUT2D eigenvalue weighted by atomic mass is 19.2. The van der Waals surface area contributed by atoms with E-state index in [4.69, 9.17) is 20.0 Å². The molecule has 12 heteroatoms. The van der Waals surface area contributed by atoms with Gasteiger partial charge in [-0.3, -0.25) is 0 Å². The lowest BCUT2D eigenvalue weighted by Gasteiger charge is -2.08. The number of ether oxygens (including phenoxy) is 2. The molecule has 0 amide bonds. The number of nitrogens with zero attached hydrogens (tertiary/aromatic N) is 2. The van der Waals surface area contributed by atoms with Crippen molar-refractivity contribution in [3.63, 3.8) is 0 Å². The van der Waals surface area contributed by atoms with E-state index >= 15 is 0 Å². The summed E-state index contributed by atoms with van der Waals surface area (Å²) in [4.78, 5) is 0. The zero-order valence-electron chi connectivity index (χ0n) is 23.9. The van der Waals surface area contributed by atoms with Gasteiger partial charge in [0.15, 0.2) is 46.5 Å². The molecule has 0 aliphatic rings. The molecule has 47 heavy (non-hydrogen) atoms. The first kappa shape index (κ1) is 33.9. The van der Waals surface area contributed by atoms with Crippen molar-refractivity contribution < 1.29 is 44.6 Å². The smallest absolute Gasteiger partial charge is 0.181 e.